The third kappa shape index (κ3) is 4.56. The first-order valence-electron chi connectivity index (χ1n) is 6.66. The summed E-state index contributed by atoms with van der Waals surface area (Å²) in [6, 6.07) is 8.21. The van der Waals surface area contributed by atoms with Crippen molar-refractivity contribution in [2.75, 3.05) is 27.7 Å². The van der Waals surface area contributed by atoms with E-state index in [1.54, 1.807) is 26.1 Å². The van der Waals surface area contributed by atoms with Crippen molar-refractivity contribution >= 4 is 5.91 Å². The zero-order chi connectivity index (χ0) is 14.3. The second kappa shape index (κ2) is 7.79. The molecule has 0 aromatic heterocycles. The van der Waals surface area contributed by atoms with Crippen LogP contribution in [-0.4, -0.2) is 38.6 Å². The Bertz CT molecular complexity index is 405. The Morgan fingerprint density at radius 2 is 2.05 bits per heavy atom. The Labute approximate surface area is 115 Å². The lowest BCUT2D eigenvalue weighted by molar-refractivity contribution is -0.128. The fraction of sp³-hybridized carbons (Fsp3) is 0.533. The number of nitrogens with one attached hydrogen (secondary N) is 1. The Hall–Kier alpha value is -1.55. The lowest BCUT2D eigenvalue weighted by Gasteiger charge is -2.20. The van der Waals surface area contributed by atoms with Crippen LogP contribution in [0.25, 0.3) is 0 Å². The van der Waals surface area contributed by atoms with E-state index in [9.17, 15) is 4.79 Å². The van der Waals surface area contributed by atoms with Crippen molar-refractivity contribution in [3.8, 4) is 5.75 Å². The maximum atomic E-state index is 11.5. The summed E-state index contributed by atoms with van der Waals surface area (Å²) < 4.78 is 5.38. The predicted molar refractivity (Wildman–Crippen MR) is 77.3 cm³/mol. The van der Waals surface area contributed by atoms with Crippen LogP contribution in [0.3, 0.4) is 0 Å². The SMILES string of the molecule is CCC(NCCC(=O)N(C)C)c1ccccc1OC. The maximum absolute atomic E-state index is 11.5. The molecule has 4 nitrogen and oxygen atoms in total. The highest BCUT2D eigenvalue weighted by molar-refractivity contribution is 5.75. The molecule has 0 bridgehead atoms. The summed E-state index contributed by atoms with van der Waals surface area (Å²) >= 11 is 0. The summed E-state index contributed by atoms with van der Waals surface area (Å²) in [5.74, 6) is 1.03. The molecular formula is C15H24N2O2. The van der Waals surface area contributed by atoms with Gasteiger partial charge in [-0.1, -0.05) is 25.1 Å². The molecule has 1 N–H and O–H groups in total. The highest BCUT2D eigenvalue weighted by Crippen LogP contribution is 2.26. The summed E-state index contributed by atoms with van der Waals surface area (Å²) in [7, 11) is 5.24. The molecule has 19 heavy (non-hydrogen) atoms. The van der Waals surface area contributed by atoms with Gasteiger partial charge in [0.25, 0.3) is 0 Å². The monoisotopic (exact) mass is 264 g/mol. The topological polar surface area (TPSA) is 41.6 Å². The van der Waals surface area contributed by atoms with Crippen LogP contribution in [0.4, 0.5) is 0 Å². The fourth-order valence-electron chi connectivity index (χ4n) is 2.01. The zero-order valence-corrected chi connectivity index (χ0v) is 12.3. The van der Waals surface area contributed by atoms with Gasteiger partial charge >= 0.3 is 0 Å². The van der Waals surface area contributed by atoms with Gasteiger partial charge in [0.15, 0.2) is 0 Å². The van der Waals surface area contributed by atoms with Gasteiger partial charge in [0.05, 0.1) is 7.11 Å². The lowest BCUT2D eigenvalue weighted by Crippen LogP contribution is -2.29. The maximum Gasteiger partial charge on any atom is 0.223 e. The van der Waals surface area contributed by atoms with E-state index >= 15 is 0 Å². The van der Waals surface area contributed by atoms with E-state index in [2.05, 4.69) is 18.3 Å². The van der Waals surface area contributed by atoms with Crippen LogP contribution in [0.2, 0.25) is 0 Å². The molecule has 4 heteroatoms. The van der Waals surface area contributed by atoms with E-state index in [1.807, 2.05) is 18.2 Å². The molecule has 1 aromatic rings. The van der Waals surface area contributed by atoms with Crippen molar-refractivity contribution in [2.24, 2.45) is 0 Å². The number of rotatable bonds is 7. The van der Waals surface area contributed by atoms with E-state index in [0.29, 0.717) is 13.0 Å². The molecule has 0 spiro atoms. The summed E-state index contributed by atoms with van der Waals surface area (Å²) in [5, 5.41) is 3.42. The van der Waals surface area contributed by atoms with Gasteiger partial charge < -0.3 is 15.0 Å². The third-order valence-corrected chi connectivity index (χ3v) is 3.15. The van der Waals surface area contributed by atoms with E-state index in [4.69, 9.17) is 4.74 Å². The summed E-state index contributed by atoms with van der Waals surface area (Å²) in [5.41, 5.74) is 1.14. The minimum Gasteiger partial charge on any atom is -0.496 e. The van der Waals surface area contributed by atoms with Crippen LogP contribution in [0.5, 0.6) is 5.75 Å². The molecule has 0 saturated heterocycles. The van der Waals surface area contributed by atoms with Crippen LogP contribution in [0.15, 0.2) is 24.3 Å². The molecule has 106 valence electrons. The highest BCUT2D eigenvalue weighted by atomic mass is 16.5. The molecule has 0 aliphatic rings. The predicted octanol–water partition coefficient (Wildman–Crippen LogP) is 2.21. The number of hydrogen-bond acceptors (Lipinski definition) is 3. The number of para-hydroxylation sites is 1. The number of carbonyl (C=O) groups excluding carboxylic acids is 1. The standard InChI is InChI=1S/C15H24N2O2/c1-5-13(16-11-10-15(18)17(2)3)12-8-6-7-9-14(12)19-4/h6-9,13,16H,5,10-11H2,1-4H3. The number of benzene rings is 1. The number of carbonyl (C=O) groups is 1. The van der Waals surface area contributed by atoms with E-state index in [1.165, 1.54) is 0 Å². The summed E-state index contributed by atoms with van der Waals surface area (Å²) in [4.78, 5) is 13.2. The average molecular weight is 264 g/mol. The number of nitrogens with zero attached hydrogens (tertiary/aromatic N) is 1. The summed E-state index contributed by atoms with van der Waals surface area (Å²) in [6.45, 7) is 2.80. The first kappa shape index (κ1) is 15.5. The second-order valence-electron chi connectivity index (χ2n) is 4.70. The smallest absolute Gasteiger partial charge is 0.223 e. The van der Waals surface area contributed by atoms with Gasteiger partial charge in [0.1, 0.15) is 5.75 Å². The van der Waals surface area contributed by atoms with Gasteiger partial charge in [0.2, 0.25) is 5.91 Å². The van der Waals surface area contributed by atoms with E-state index in [0.717, 1.165) is 17.7 Å². The quantitative estimate of drug-likeness (QED) is 0.821. The molecule has 1 aromatic carbocycles. The van der Waals surface area contributed by atoms with Gasteiger partial charge in [-0.3, -0.25) is 4.79 Å². The molecule has 1 atom stereocenters. The van der Waals surface area contributed by atoms with Gasteiger partial charge in [-0.2, -0.15) is 0 Å². The fourth-order valence-corrected chi connectivity index (χ4v) is 2.01. The summed E-state index contributed by atoms with van der Waals surface area (Å²) in [6.07, 6.45) is 1.47. The van der Waals surface area contributed by atoms with Crippen LogP contribution < -0.4 is 10.1 Å². The molecule has 0 saturated carbocycles. The molecular weight excluding hydrogens is 240 g/mol. The van der Waals surface area contributed by atoms with Gasteiger partial charge in [0, 0.05) is 38.7 Å². The normalized spacial score (nSPS) is 12.0. The largest absolute Gasteiger partial charge is 0.496 e. The molecule has 0 fully saturated rings. The molecule has 0 radical (unpaired) electrons. The van der Waals surface area contributed by atoms with Crippen LogP contribution in [-0.2, 0) is 4.79 Å². The Morgan fingerprint density at radius 1 is 1.37 bits per heavy atom. The van der Waals surface area contributed by atoms with Crippen molar-refractivity contribution in [2.45, 2.75) is 25.8 Å². The average Bonchev–Trinajstić information content (AvgIpc) is 2.43. The number of hydrogen-bond donors (Lipinski definition) is 1. The first-order valence-corrected chi connectivity index (χ1v) is 6.66. The van der Waals surface area contributed by atoms with Gasteiger partial charge in [-0.25, -0.2) is 0 Å². The number of amides is 1. The number of ether oxygens (including phenoxy) is 1. The van der Waals surface area contributed by atoms with Crippen LogP contribution in [0.1, 0.15) is 31.4 Å². The highest BCUT2D eigenvalue weighted by Gasteiger charge is 2.14. The Kier molecular flexibility index (Phi) is 6.36. The second-order valence-corrected chi connectivity index (χ2v) is 4.70. The minimum absolute atomic E-state index is 0.141. The Balaban J connectivity index is 2.61. The third-order valence-electron chi connectivity index (χ3n) is 3.15. The Morgan fingerprint density at radius 3 is 2.63 bits per heavy atom. The van der Waals surface area contributed by atoms with Gasteiger partial charge in [-0.15, -0.1) is 0 Å². The van der Waals surface area contributed by atoms with E-state index < -0.39 is 0 Å². The first-order chi connectivity index (χ1) is 9.10. The van der Waals surface area contributed by atoms with Crippen molar-refractivity contribution in [3.05, 3.63) is 29.8 Å². The number of methoxy groups -OCH3 is 1. The van der Waals surface area contributed by atoms with Crippen molar-refractivity contribution < 1.29 is 9.53 Å². The molecule has 0 aliphatic carbocycles. The molecule has 0 heterocycles. The van der Waals surface area contributed by atoms with Crippen molar-refractivity contribution in [3.63, 3.8) is 0 Å². The zero-order valence-electron chi connectivity index (χ0n) is 12.3. The van der Waals surface area contributed by atoms with Crippen LogP contribution >= 0.6 is 0 Å². The van der Waals surface area contributed by atoms with Gasteiger partial charge in [-0.05, 0) is 12.5 Å². The lowest BCUT2D eigenvalue weighted by atomic mass is 10.0. The molecule has 0 aliphatic heterocycles. The van der Waals surface area contributed by atoms with Crippen molar-refractivity contribution in [1.82, 2.24) is 10.2 Å². The minimum atomic E-state index is 0.141. The van der Waals surface area contributed by atoms with E-state index in [-0.39, 0.29) is 11.9 Å². The molecule has 1 unspecified atom stereocenters. The van der Waals surface area contributed by atoms with Crippen LogP contribution in [0, 0.1) is 0 Å². The molecule has 1 rings (SSSR count). The molecule has 1 amide bonds. The van der Waals surface area contributed by atoms with Crippen molar-refractivity contribution in [1.29, 1.82) is 0 Å².